The Bertz CT molecular complexity index is 714. The van der Waals surface area contributed by atoms with Crippen LogP contribution in [0.15, 0.2) is 0 Å². The number of carbonyl (C=O) groups excluding carboxylic acids is 3. The van der Waals surface area contributed by atoms with Crippen molar-refractivity contribution in [2.45, 2.75) is 134 Å². The highest BCUT2D eigenvalue weighted by molar-refractivity contribution is 7.99. The SMILES string of the molecule is CCCC(=O)NC(C)(CC)CCCCCC(=O)NCCCCCS[C@@H]1OC(CO)[C@H](O)C(O)C1NC(C)=O. The van der Waals surface area contributed by atoms with E-state index in [0.717, 1.165) is 57.8 Å². The van der Waals surface area contributed by atoms with Gasteiger partial charge in [0, 0.05) is 31.8 Å². The van der Waals surface area contributed by atoms with Crippen LogP contribution in [0.4, 0.5) is 0 Å². The van der Waals surface area contributed by atoms with Crippen molar-refractivity contribution in [2.75, 3.05) is 18.9 Å². The Balaban J connectivity index is 2.18. The molecule has 3 amide bonds. The van der Waals surface area contributed by atoms with Crippen molar-refractivity contribution in [3.63, 3.8) is 0 Å². The van der Waals surface area contributed by atoms with Gasteiger partial charge in [-0.25, -0.2) is 0 Å². The third-order valence-corrected chi connectivity index (χ3v) is 8.26. The molecule has 222 valence electrons. The van der Waals surface area contributed by atoms with Gasteiger partial charge in [0.15, 0.2) is 0 Å². The Labute approximate surface area is 232 Å². The number of aliphatic hydroxyl groups is 3. The molecular weight excluding hydrogens is 510 g/mol. The number of nitrogens with one attached hydrogen (secondary N) is 3. The van der Waals surface area contributed by atoms with Gasteiger partial charge in [0.05, 0.1) is 12.6 Å². The summed E-state index contributed by atoms with van der Waals surface area (Å²) in [5.74, 6) is 0.556. The number of unbranched alkanes of at least 4 members (excludes halogenated alkanes) is 4. The molecule has 0 aromatic rings. The summed E-state index contributed by atoms with van der Waals surface area (Å²) >= 11 is 1.43. The summed E-state index contributed by atoms with van der Waals surface area (Å²) in [6, 6.07) is -0.759. The zero-order valence-corrected chi connectivity index (χ0v) is 24.5. The molecule has 0 aromatic carbocycles. The maximum atomic E-state index is 12.1. The molecule has 1 aliphatic heterocycles. The standard InChI is InChI=1S/C27H51N3O7S/c1-5-13-22(34)30-27(4,6-2)15-10-7-9-14-21(33)28-16-11-8-12-17-38-26-23(29-19(3)32)25(36)24(35)20(18-31)37-26/h20,23-26,31,35-36H,5-18H2,1-4H3,(H,28,33)(H,29,32)(H,30,34)/t20?,23?,24-,25?,26-,27?/m0/s1. The molecule has 1 saturated heterocycles. The highest BCUT2D eigenvalue weighted by Gasteiger charge is 2.44. The van der Waals surface area contributed by atoms with Crippen LogP contribution in [0.2, 0.25) is 0 Å². The van der Waals surface area contributed by atoms with Crippen LogP contribution in [0.1, 0.15) is 98.3 Å². The van der Waals surface area contributed by atoms with Crippen LogP contribution in [-0.2, 0) is 19.1 Å². The van der Waals surface area contributed by atoms with E-state index in [2.05, 4.69) is 29.8 Å². The maximum absolute atomic E-state index is 12.1. The Hall–Kier alpha value is -1.40. The van der Waals surface area contributed by atoms with E-state index in [4.69, 9.17) is 4.74 Å². The lowest BCUT2D eigenvalue weighted by atomic mass is 9.91. The summed E-state index contributed by atoms with van der Waals surface area (Å²) in [5.41, 5.74) is -0.750. The van der Waals surface area contributed by atoms with Crippen LogP contribution in [0.5, 0.6) is 0 Å². The van der Waals surface area contributed by atoms with Gasteiger partial charge < -0.3 is 36.0 Å². The predicted octanol–water partition coefficient (Wildman–Crippen LogP) is 1.99. The van der Waals surface area contributed by atoms with Crippen LogP contribution in [0.3, 0.4) is 0 Å². The summed E-state index contributed by atoms with van der Waals surface area (Å²) in [5, 5.41) is 38.6. The highest BCUT2D eigenvalue weighted by atomic mass is 32.2. The minimum atomic E-state index is -1.27. The smallest absolute Gasteiger partial charge is 0.220 e. The molecule has 0 aliphatic carbocycles. The molecule has 1 rings (SSSR count). The van der Waals surface area contributed by atoms with E-state index in [0.29, 0.717) is 25.1 Å². The van der Waals surface area contributed by atoms with Crippen LogP contribution < -0.4 is 16.0 Å². The van der Waals surface area contributed by atoms with E-state index in [1.807, 2.05) is 6.92 Å². The lowest BCUT2D eigenvalue weighted by molar-refractivity contribution is -0.173. The first-order valence-electron chi connectivity index (χ1n) is 14.2. The number of hydrogen-bond acceptors (Lipinski definition) is 8. The van der Waals surface area contributed by atoms with E-state index >= 15 is 0 Å². The normalized spacial score (nSPS) is 24.9. The molecule has 0 saturated carbocycles. The second-order valence-electron chi connectivity index (χ2n) is 10.5. The van der Waals surface area contributed by atoms with E-state index < -0.39 is 36.4 Å². The molecule has 38 heavy (non-hydrogen) atoms. The molecule has 0 aromatic heterocycles. The minimum Gasteiger partial charge on any atom is -0.394 e. The van der Waals surface area contributed by atoms with Crippen LogP contribution in [-0.4, -0.2) is 87.3 Å². The molecule has 10 nitrogen and oxygen atoms in total. The Morgan fingerprint density at radius 1 is 0.947 bits per heavy atom. The van der Waals surface area contributed by atoms with Crippen molar-refractivity contribution in [1.82, 2.24) is 16.0 Å². The number of amides is 3. The number of thioether (sulfide) groups is 1. The van der Waals surface area contributed by atoms with Crippen LogP contribution in [0.25, 0.3) is 0 Å². The van der Waals surface area contributed by atoms with Crippen molar-refractivity contribution in [1.29, 1.82) is 0 Å². The first-order chi connectivity index (χ1) is 18.1. The van der Waals surface area contributed by atoms with Gasteiger partial charge in [0.1, 0.15) is 23.7 Å². The molecule has 4 unspecified atom stereocenters. The molecule has 0 radical (unpaired) electrons. The van der Waals surface area contributed by atoms with Crippen LogP contribution >= 0.6 is 11.8 Å². The molecule has 1 aliphatic rings. The fraction of sp³-hybridized carbons (Fsp3) is 0.889. The predicted molar refractivity (Wildman–Crippen MR) is 150 cm³/mol. The third kappa shape index (κ3) is 13.1. The molecule has 6 N–H and O–H groups in total. The Morgan fingerprint density at radius 3 is 2.29 bits per heavy atom. The second kappa shape index (κ2) is 18.8. The first-order valence-corrected chi connectivity index (χ1v) is 15.2. The Kier molecular flexibility index (Phi) is 17.1. The maximum Gasteiger partial charge on any atom is 0.220 e. The molecular formula is C27H51N3O7S. The zero-order valence-electron chi connectivity index (χ0n) is 23.7. The average Bonchev–Trinajstić information content (AvgIpc) is 2.87. The minimum absolute atomic E-state index is 0.0604. The molecule has 0 bridgehead atoms. The van der Waals surface area contributed by atoms with Gasteiger partial charge in [-0.05, 0) is 51.2 Å². The molecule has 6 atom stereocenters. The number of ether oxygens (including phenoxy) is 1. The summed E-state index contributed by atoms with van der Waals surface area (Å²) in [6.45, 7) is 7.72. The summed E-state index contributed by atoms with van der Waals surface area (Å²) < 4.78 is 5.71. The topological polar surface area (TPSA) is 157 Å². The molecule has 1 heterocycles. The van der Waals surface area contributed by atoms with Crippen LogP contribution in [0, 0.1) is 0 Å². The number of hydrogen-bond donors (Lipinski definition) is 6. The second-order valence-corrected chi connectivity index (χ2v) is 11.7. The third-order valence-electron chi connectivity index (χ3n) is 7.01. The lowest BCUT2D eigenvalue weighted by Crippen LogP contribution is -2.63. The largest absolute Gasteiger partial charge is 0.394 e. The monoisotopic (exact) mass is 561 g/mol. The van der Waals surface area contributed by atoms with Gasteiger partial charge in [-0.2, -0.15) is 0 Å². The van der Waals surface area contributed by atoms with Crippen molar-refractivity contribution in [2.24, 2.45) is 0 Å². The zero-order chi connectivity index (χ0) is 28.6. The fourth-order valence-electron chi connectivity index (χ4n) is 4.46. The molecule has 11 heteroatoms. The number of aliphatic hydroxyl groups excluding tert-OH is 3. The van der Waals surface area contributed by atoms with Gasteiger partial charge in [0.25, 0.3) is 0 Å². The van der Waals surface area contributed by atoms with E-state index in [9.17, 15) is 29.7 Å². The molecule has 0 spiro atoms. The number of rotatable bonds is 19. The van der Waals surface area contributed by atoms with Gasteiger partial charge in [-0.15, -0.1) is 11.8 Å². The first kappa shape index (κ1) is 34.6. The van der Waals surface area contributed by atoms with Crippen molar-refractivity contribution >= 4 is 29.5 Å². The molecule has 1 fully saturated rings. The Morgan fingerprint density at radius 2 is 1.66 bits per heavy atom. The summed E-state index contributed by atoms with van der Waals surface area (Å²) in [7, 11) is 0. The van der Waals surface area contributed by atoms with Crippen molar-refractivity contribution < 1.29 is 34.4 Å². The van der Waals surface area contributed by atoms with E-state index in [1.165, 1.54) is 18.7 Å². The lowest BCUT2D eigenvalue weighted by Gasteiger charge is -2.42. The van der Waals surface area contributed by atoms with Crippen molar-refractivity contribution in [3.05, 3.63) is 0 Å². The van der Waals surface area contributed by atoms with Gasteiger partial charge in [0.2, 0.25) is 17.7 Å². The summed E-state index contributed by atoms with van der Waals surface area (Å²) in [6.07, 6.45) is 5.69. The number of carbonyl (C=O) groups is 3. The van der Waals surface area contributed by atoms with Crippen molar-refractivity contribution in [3.8, 4) is 0 Å². The summed E-state index contributed by atoms with van der Waals surface area (Å²) in [4.78, 5) is 35.6. The average molecular weight is 562 g/mol. The van der Waals surface area contributed by atoms with Gasteiger partial charge >= 0.3 is 0 Å². The van der Waals surface area contributed by atoms with Gasteiger partial charge in [-0.1, -0.05) is 33.1 Å². The van der Waals surface area contributed by atoms with E-state index in [1.54, 1.807) is 0 Å². The van der Waals surface area contributed by atoms with E-state index in [-0.39, 0.29) is 23.3 Å². The quantitative estimate of drug-likeness (QED) is 0.131. The fourth-order valence-corrected chi connectivity index (χ4v) is 5.72. The van der Waals surface area contributed by atoms with Gasteiger partial charge in [-0.3, -0.25) is 14.4 Å². The highest BCUT2D eigenvalue weighted by Crippen LogP contribution is 2.29.